The summed E-state index contributed by atoms with van der Waals surface area (Å²) in [7, 11) is 1.72. The maximum absolute atomic E-state index is 12.0. The van der Waals surface area contributed by atoms with Gasteiger partial charge < -0.3 is 4.90 Å². The van der Waals surface area contributed by atoms with Gasteiger partial charge in [-0.2, -0.15) is 15.4 Å². The molecular weight excluding hydrogens is 204 g/mol. The van der Waals surface area contributed by atoms with Crippen molar-refractivity contribution in [3.8, 4) is 11.8 Å². The minimum atomic E-state index is -0.113. The molecule has 1 aromatic heterocycles. The predicted octanol–water partition coefficient (Wildman–Crippen LogP) is 0.777. The summed E-state index contributed by atoms with van der Waals surface area (Å²) in [6, 6.07) is 0. The van der Waals surface area contributed by atoms with E-state index in [4.69, 9.17) is 0 Å². The van der Waals surface area contributed by atoms with Gasteiger partial charge in [0.15, 0.2) is 5.69 Å². The van der Waals surface area contributed by atoms with Crippen LogP contribution in [-0.2, 0) is 0 Å². The number of H-pyrrole nitrogens is 1. The molecule has 16 heavy (non-hydrogen) atoms. The van der Waals surface area contributed by atoms with Crippen molar-refractivity contribution in [1.82, 2.24) is 20.3 Å². The van der Waals surface area contributed by atoms with Gasteiger partial charge in [-0.1, -0.05) is 5.92 Å². The van der Waals surface area contributed by atoms with Gasteiger partial charge in [-0.3, -0.25) is 4.79 Å². The molecule has 5 nitrogen and oxygen atoms in total. The Morgan fingerprint density at radius 1 is 1.56 bits per heavy atom. The molecule has 0 aliphatic heterocycles. The molecule has 0 saturated heterocycles. The zero-order valence-electron chi connectivity index (χ0n) is 9.45. The van der Waals surface area contributed by atoms with Crippen molar-refractivity contribution in [2.24, 2.45) is 0 Å². The van der Waals surface area contributed by atoms with Gasteiger partial charge in [0.1, 0.15) is 0 Å². The first-order chi connectivity index (χ1) is 7.74. The Morgan fingerprint density at radius 3 is 2.94 bits per heavy atom. The lowest BCUT2D eigenvalue weighted by atomic mass is 10.2. The zero-order chi connectivity index (χ0) is 11.5. The summed E-state index contributed by atoms with van der Waals surface area (Å²) in [6.45, 7) is 2.18. The molecule has 84 valence electrons. The third-order valence-electron chi connectivity index (χ3n) is 2.58. The first-order valence-corrected chi connectivity index (χ1v) is 5.29. The highest BCUT2D eigenvalue weighted by Gasteiger charge is 2.32. The highest BCUT2D eigenvalue weighted by atomic mass is 16.2. The number of aromatic nitrogens is 3. The van der Waals surface area contributed by atoms with E-state index < -0.39 is 0 Å². The second-order valence-corrected chi connectivity index (χ2v) is 3.92. The third-order valence-corrected chi connectivity index (χ3v) is 2.58. The van der Waals surface area contributed by atoms with Gasteiger partial charge in [0, 0.05) is 13.0 Å². The van der Waals surface area contributed by atoms with E-state index >= 15 is 0 Å². The quantitative estimate of drug-likeness (QED) is 0.762. The van der Waals surface area contributed by atoms with Gasteiger partial charge in [0.25, 0.3) is 5.91 Å². The smallest absolute Gasteiger partial charge is 0.276 e. The maximum atomic E-state index is 12.0. The first-order valence-electron chi connectivity index (χ1n) is 5.29. The molecule has 1 aliphatic carbocycles. The van der Waals surface area contributed by atoms with Crippen LogP contribution in [0.4, 0.5) is 0 Å². The molecule has 0 aromatic carbocycles. The number of amides is 1. The van der Waals surface area contributed by atoms with Crippen LogP contribution in [0.3, 0.4) is 0 Å². The Labute approximate surface area is 94.2 Å². The number of carbonyl (C=O) groups excluding carboxylic acids is 1. The zero-order valence-corrected chi connectivity index (χ0v) is 9.45. The summed E-state index contributed by atoms with van der Waals surface area (Å²) >= 11 is 0. The monoisotopic (exact) mass is 218 g/mol. The van der Waals surface area contributed by atoms with Gasteiger partial charge in [-0.05, 0) is 19.8 Å². The van der Waals surface area contributed by atoms with Crippen molar-refractivity contribution in [1.29, 1.82) is 0 Å². The van der Waals surface area contributed by atoms with Crippen molar-refractivity contribution < 1.29 is 4.79 Å². The topological polar surface area (TPSA) is 61.9 Å². The highest BCUT2D eigenvalue weighted by Crippen LogP contribution is 2.40. The van der Waals surface area contributed by atoms with Gasteiger partial charge in [-0.15, -0.1) is 5.92 Å². The fraction of sp³-hybridized carbons (Fsp3) is 0.545. The first kappa shape index (κ1) is 10.7. The molecule has 1 aliphatic rings. The van der Waals surface area contributed by atoms with Crippen LogP contribution in [0.5, 0.6) is 0 Å². The van der Waals surface area contributed by atoms with E-state index in [1.54, 1.807) is 18.9 Å². The number of rotatable bonds is 3. The van der Waals surface area contributed by atoms with Gasteiger partial charge in [-0.25, -0.2) is 0 Å². The van der Waals surface area contributed by atoms with Crippen molar-refractivity contribution in [2.45, 2.75) is 25.7 Å². The summed E-state index contributed by atoms with van der Waals surface area (Å²) in [4.78, 5) is 13.6. The van der Waals surface area contributed by atoms with Gasteiger partial charge in [0.05, 0.1) is 12.2 Å². The molecule has 0 unspecified atom stereocenters. The normalized spacial score (nSPS) is 14.1. The molecule has 0 atom stereocenters. The van der Waals surface area contributed by atoms with Crippen LogP contribution >= 0.6 is 0 Å². The summed E-state index contributed by atoms with van der Waals surface area (Å²) in [5.41, 5.74) is 1.25. The Hall–Kier alpha value is -1.83. The lowest BCUT2D eigenvalue weighted by molar-refractivity contribution is 0.0805. The van der Waals surface area contributed by atoms with E-state index in [2.05, 4.69) is 27.3 Å². The Bertz CT molecular complexity index is 450. The molecular formula is C11H14N4O. The lowest BCUT2D eigenvalue weighted by Crippen LogP contribution is -2.28. The number of aromatic amines is 1. The summed E-state index contributed by atoms with van der Waals surface area (Å²) < 4.78 is 0. The minimum Gasteiger partial charge on any atom is -0.329 e. The predicted molar refractivity (Wildman–Crippen MR) is 58.8 cm³/mol. The Balaban J connectivity index is 2.12. The van der Waals surface area contributed by atoms with Crippen molar-refractivity contribution in [2.75, 3.05) is 13.6 Å². The second kappa shape index (κ2) is 4.35. The largest absolute Gasteiger partial charge is 0.329 e. The maximum Gasteiger partial charge on any atom is 0.276 e. The average Bonchev–Trinajstić information content (AvgIpc) is 3.03. The van der Waals surface area contributed by atoms with E-state index in [0.717, 1.165) is 18.5 Å². The molecule has 0 bridgehead atoms. The number of carbonyl (C=O) groups is 1. The van der Waals surface area contributed by atoms with E-state index in [1.165, 1.54) is 0 Å². The van der Waals surface area contributed by atoms with E-state index in [9.17, 15) is 4.79 Å². The van der Waals surface area contributed by atoms with Crippen molar-refractivity contribution in [3.63, 3.8) is 0 Å². The average molecular weight is 218 g/mol. The Morgan fingerprint density at radius 2 is 2.31 bits per heavy atom. The van der Waals surface area contributed by atoms with Crippen LogP contribution < -0.4 is 0 Å². The number of nitrogens with zero attached hydrogens (tertiary/aromatic N) is 3. The van der Waals surface area contributed by atoms with E-state index in [1.807, 2.05) is 0 Å². The standard InChI is InChI=1S/C11H14N4O/c1-3-4-7-15(2)11(16)10-9(8-5-6-8)12-14-13-10/h8H,5-7H2,1-2H3,(H,12,13,14). The highest BCUT2D eigenvalue weighted by molar-refractivity contribution is 5.93. The molecule has 1 amide bonds. The van der Waals surface area contributed by atoms with Crippen LogP contribution in [0.2, 0.25) is 0 Å². The number of hydrogen-bond donors (Lipinski definition) is 1. The van der Waals surface area contributed by atoms with E-state index in [-0.39, 0.29) is 5.91 Å². The summed E-state index contributed by atoms with van der Waals surface area (Å²) in [6.07, 6.45) is 2.20. The molecule has 1 fully saturated rings. The van der Waals surface area contributed by atoms with Crippen LogP contribution in [0.1, 0.15) is 41.9 Å². The molecule has 0 spiro atoms. The SMILES string of the molecule is CC#CCN(C)C(=O)c1n[nH]nc1C1CC1. The van der Waals surface area contributed by atoms with Gasteiger partial charge >= 0.3 is 0 Å². The molecule has 2 rings (SSSR count). The van der Waals surface area contributed by atoms with Gasteiger partial charge in [0.2, 0.25) is 0 Å². The summed E-state index contributed by atoms with van der Waals surface area (Å²) in [5, 5.41) is 10.5. The van der Waals surface area contributed by atoms with E-state index in [0.29, 0.717) is 18.2 Å². The third kappa shape index (κ3) is 2.06. The van der Waals surface area contributed by atoms with Crippen LogP contribution in [-0.4, -0.2) is 39.8 Å². The minimum absolute atomic E-state index is 0.113. The summed E-state index contributed by atoms with van der Waals surface area (Å²) in [5.74, 6) is 5.92. The fourth-order valence-corrected chi connectivity index (χ4v) is 1.49. The molecule has 1 heterocycles. The lowest BCUT2D eigenvalue weighted by Gasteiger charge is -2.12. The van der Waals surface area contributed by atoms with Crippen LogP contribution in [0.15, 0.2) is 0 Å². The molecule has 1 aromatic rings. The Kier molecular flexibility index (Phi) is 2.91. The molecule has 5 heteroatoms. The van der Waals surface area contributed by atoms with Crippen molar-refractivity contribution >= 4 is 5.91 Å². The van der Waals surface area contributed by atoms with Crippen molar-refractivity contribution in [3.05, 3.63) is 11.4 Å². The number of nitrogens with one attached hydrogen (secondary N) is 1. The molecule has 1 saturated carbocycles. The fourth-order valence-electron chi connectivity index (χ4n) is 1.49. The van der Waals surface area contributed by atoms with Crippen LogP contribution in [0, 0.1) is 11.8 Å². The second-order valence-electron chi connectivity index (χ2n) is 3.92. The molecule has 0 radical (unpaired) electrons. The van der Waals surface area contributed by atoms with Crippen LogP contribution in [0.25, 0.3) is 0 Å². The molecule has 1 N–H and O–H groups in total. The number of hydrogen-bond acceptors (Lipinski definition) is 3.